The third kappa shape index (κ3) is 1.95. The summed E-state index contributed by atoms with van der Waals surface area (Å²) in [6.07, 6.45) is 6.10. The Morgan fingerprint density at radius 3 is 2.95 bits per heavy atom. The Morgan fingerprint density at radius 1 is 1.32 bits per heavy atom. The lowest BCUT2D eigenvalue weighted by Gasteiger charge is -2.26. The first-order valence-corrected chi connectivity index (χ1v) is 6.21. The molecule has 19 heavy (non-hydrogen) atoms. The van der Waals surface area contributed by atoms with Crippen LogP contribution in [0.15, 0.2) is 42.5 Å². The summed E-state index contributed by atoms with van der Waals surface area (Å²) in [6.45, 7) is 0. The molecule has 1 aromatic carbocycles. The second-order valence-electron chi connectivity index (χ2n) is 4.32. The van der Waals surface area contributed by atoms with E-state index in [0.29, 0.717) is 10.2 Å². The Bertz CT molecular complexity index is 755. The van der Waals surface area contributed by atoms with Crippen LogP contribution in [0.1, 0.15) is 0 Å². The predicted octanol–water partition coefficient (Wildman–Crippen LogP) is 1.01. The molecule has 0 saturated carbocycles. The second-order valence-corrected chi connectivity index (χ2v) is 4.76. The predicted molar refractivity (Wildman–Crippen MR) is 72.3 cm³/mol. The van der Waals surface area contributed by atoms with Crippen LogP contribution in [0.4, 0.5) is 0 Å². The van der Waals surface area contributed by atoms with Crippen molar-refractivity contribution in [2.75, 3.05) is 0 Å². The Balaban J connectivity index is 2.41. The van der Waals surface area contributed by atoms with E-state index in [9.17, 15) is 5.11 Å². The van der Waals surface area contributed by atoms with E-state index >= 15 is 0 Å². The van der Waals surface area contributed by atoms with E-state index in [4.69, 9.17) is 21.6 Å². The summed E-state index contributed by atoms with van der Waals surface area (Å²) in [5.74, 6) is 0.258. The average Bonchev–Trinajstić information content (AvgIpc) is 2.45. The Hall–Kier alpha value is -2.02. The summed E-state index contributed by atoms with van der Waals surface area (Å²) in [6, 6.07) is 7.18. The van der Waals surface area contributed by atoms with Gasteiger partial charge in [-0.2, -0.15) is 5.26 Å². The van der Waals surface area contributed by atoms with Gasteiger partial charge in [-0.1, -0.05) is 35.9 Å². The molecule has 4 heteroatoms. The molecule has 0 aromatic heterocycles. The number of fused-ring (bicyclic) bond motifs is 2. The van der Waals surface area contributed by atoms with E-state index < -0.39 is 6.10 Å². The van der Waals surface area contributed by atoms with Crippen LogP contribution in [0.2, 0.25) is 5.02 Å². The standard InChI is InChI=1S/C15H10ClNO2/c16-9-5-6-10-11-3-1-2-4-14(11)19-15(12(10)7-9)13(18)8-17/h1-7,13-14,18H. The van der Waals surface area contributed by atoms with Gasteiger partial charge in [-0.15, -0.1) is 0 Å². The van der Waals surface area contributed by atoms with E-state index in [1.807, 2.05) is 30.4 Å². The maximum atomic E-state index is 9.79. The normalized spacial score (nSPS) is 21.2. The topological polar surface area (TPSA) is 53.2 Å². The van der Waals surface area contributed by atoms with Crippen molar-refractivity contribution in [3.63, 3.8) is 0 Å². The Kier molecular flexibility index (Phi) is 2.90. The fourth-order valence-electron chi connectivity index (χ4n) is 2.31. The van der Waals surface area contributed by atoms with Crippen molar-refractivity contribution >= 4 is 22.9 Å². The lowest BCUT2D eigenvalue weighted by Crippen LogP contribution is -2.41. The smallest absolute Gasteiger partial charge is 0.198 e. The van der Waals surface area contributed by atoms with Crippen LogP contribution < -0.4 is 10.4 Å². The molecule has 0 amide bonds. The average molecular weight is 272 g/mol. The number of rotatable bonds is 1. The molecule has 2 unspecified atom stereocenters. The minimum absolute atomic E-state index is 0.258. The zero-order valence-electron chi connectivity index (χ0n) is 9.88. The van der Waals surface area contributed by atoms with E-state index in [0.717, 1.165) is 10.8 Å². The zero-order valence-corrected chi connectivity index (χ0v) is 10.6. The molecule has 1 aromatic rings. The van der Waals surface area contributed by atoms with Gasteiger partial charge in [0.05, 0.1) is 0 Å². The molecule has 0 saturated heterocycles. The fourth-order valence-corrected chi connectivity index (χ4v) is 2.48. The minimum atomic E-state index is -1.29. The number of aliphatic hydroxyl groups is 1. The zero-order chi connectivity index (χ0) is 13.4. The number of nitrogens with zero attached hydrogens (tertiary/aromatic N) is 1. The van der Waals surface area contributed by atoms with Gasteiger partial charge >= 0.3 is 0 Å². The Morgan fingerprint density at radius 2 is 2.16 bits per heavy atom. The molecular weight excluding hydrogens is 262 g/mol. The molecule has 94 valence electrons. The molecule has 1 heterocycles. The molecule has 2 atom stereocenters. The highest BCUT2D eigenvalue weighted by Gasteiger charge is 2.25. The van der Waals surface area contributed by atoms with Crippen LogP contribution in [0, 0.1) is 11.3 Å². The number of ether oxygens (including phenoxy) is 1. The summed E-state index contributed by atoms with van der Waals surface area (Å²) in [5, 5.41) is 20.8. The van der Waals surface area contributed by atoms with Gasteiger partial charge in [0.1, 0.15) is 17.9 Å². The van der Waals surface area contributed by atoms with Crippen molar-refractivity contribution in [3.8, 4) is 6.07 Å². The summed E-state index contributed by atoms with van der Waals surface area (Å²) < 4.78 is 5.73. The molecular formula is C15H10ClNO2. The number of hydrogen-bond donors (Lipinski definition) is 1. The molecule has 0 bridgehead atoms. The second kappa shape index (κ2) is 4.58. The first-order chi connectivity index (χ1) is 9.20. The van der Waals surface area contributed by atoms with E-state index in [2.05, 4.69) is 0 Å². The third-order valence-corrected chi connectivity index (χ3v) is 3.40. The number of allylic oxidation sites excluding steroid dienone is 2. The number of nitriles is 1. The maximum Gasteiger partial charge on any atom is 0.198 e. The van der Waals surface area contributed by atoms with E-state index in [-0.39, 0.29) is 11.9 Å². The monoisotopic (exact) mass is 271 g/mol. The van der Waals surface area contributed by atoms with Gasteiger partial charge < -0.3 is 9.84 Å². The summed E-state index contributed by atoms with van der Waals surface area (Å²) >= 11 is 5.99. The van der Waals surface area contributed by atoms with Crippen molar-refractivity contribution in [1.29, 1.82) is 5.26 Å². The number of aliphatic hydroxyl groups excluding tert-OH is 1. The fraction of sp³-hybridized carbons (Fsp3) is 0.133. The molecule has 3 nitrogen and oxygen atoms in total. The number of benzene rings is 1. The summed E-state index contributed by atoms with van der Waals surface area (Å²) in [4.78, 5) is 0. The molecule has 1 aliphatic carbocycles. The number of hydrogen-bond acceptors (Lipinski definition) is 3. The molecule has 2 aliphatic rings. The highest BCUT2D eigenvalue weighted by Crippen LogP contribution is 2.22. The van der Waals surface area contributed by atoms with Crippen molar-refractivity contribution < 1.29 is 9.84 Å². The molecule has 0 spiro atoms. The SMILES string of the molecule is N#CC(O)C1=c2cc(Cl)ccc2=C2C=CC=CC2O1. The van der Waals surface area contributed by atoms with Crippen LogP contribution in [0.3, 0.4) is 0 Å². The van der Waals surface area contributed by atoms with Crippen molar-refractivity contribution in [1.82, 2.24) is 0 Å². The first-order valence-electron chi connectivity index (χ1n) is 5.84. The van der Waals surface area contributed by atoms with E-state index in [1.165, 1.54) is 0 Å². The highest BCUT2D eigenvalue weighted by atomic mass is 35.5. The third-order valence-electron chi connectivity index (χ3n) is 3.16. The molecule has 1 aliphatic heterocycles. The quantitative estimate of drug-likeness (QED) is 0.776. The molecule has 1 N–H and O–H groups in total. The van der Waals surface area contributed by atoms with Gasteiger partial charge in [0.2, 0.25) is 0 Å². The van der Waals surface area contributed by atoms with Crippen LogP contribution in [-0.2, 0) is 4.74 Å². The lowest BCUT2D eigenvalue weighted by atomic mass is 9.97. The summed E-state index contributed by atoms with van der Waals surface area (Å²) in [7, 11) is 0. The van der Waals surface area contributed by atoms with Crippen LogP contribution in [0.5, 0.6) is 0 Å². The van der Waals surface area contributed by atoms with Gasteiger partial charge in [-0.05, 0) is 23.4 Å². The Labute approximate surface area is 115 Å². The van der Waals surface area contributed by atoms with Crippen LogP contribution in [-0.4, -0.2) is 17.3 Å². The highest BCUT2D eigenvalue weighted by molar-refractivity contribution is 6.30. The number of halogens is 1. The lowest BCUT2D eigenvalue weighted by molar-refractivity contribution is 0.176. The van der Waals surface area contributed by atoms with Gasteiger partial charge in [-0.3, -0.25) is 0 Å². The largest absolute Gasteiger partial charge is 0.481 e. The van der Waals surface area contributed by atoms with E-state index in [1.54, 1.807) is 18.2 Å². The van der Waals surface area contributed by atoms with Gasteiger partial charge in [-0.25, -0.2) is 0 Å². The van der Waals surface area contributed by atoms with Crippen LogP contribution >= 0.6 is 11.6 Å². The molecule has 0 fully saturated rings. The molecule has 0 radical (unpaired) electrons. The van der Waals surface area contributed by atoms with Crippen LogP contribution in [0.25, 0.3) is 11.3 Å². The first kappa shape index (κ1) is 12.0. The summed E-state index contributed by atoms with van der Waals surface area (Å²) in [5.41, 5.74) is 1.00. The maximum absolute atomic E-state index is 9.79. The van der Waals surface area contributed by atoms with Gasteiger partial charge in [0.15, 0.2) is 6.10 Å². The van der Waals surface area contributed by atoms with Crippen molar-refractivity contribution in [2.45, 2.75) is 12.2 Å². The minimum Gasteiger partial charge on any atom is -0.481 e. The van der Waals surface area contributed by atoms with Crippen molar-refractivity contribution in [3.05, 3.63) is 58.0 Å². The molecule has 3 rings (SSSR count). The van der Waals surface area contributed by atoms with Gasteiger partial charge in [0, 0.05) is 15.8 Å². The van der Waals surface area contributed by atoms with Gasteiger partial charge in [0.25, 0.3) is 0 Å². The van der Waals surface area contributed by atoms with Crippen molar-refractivity contribution in [2.24, 2.45) is 0 Å².